The monoisotopic (exact) mass is 319 g/mol. The number of carbonyl (C=O) groups is 1. The molecule has 2 rings (SSSR count). The molecule has 23 heavy (non-hydrogen) atoms. The molecule has 1 aromatic carbocycles. The van der Waals surface area contributed by atoms with E-state index in [1.165, 1.54) is 4.90 Å². The fourth-order valence-corrected chi connectivity index (χ4v) is 2.54. The van der Waals surface area contributed by atoms with Gasteiger partial charge in [0.15, 0.2) is 0 Å². The molecule has 1 aromatic rings. The molecule has 1 heterocycles. The molecule has 0 aromatic heterocycles. The fourth-order valence-electron chi connectivity index (χ4n) is 2.54. The van der Waals surface area contributed by atoms with E-state index in [9.17, 15) is 9.90 Å². The van der Waals surface area contributed by atoms with Crippen LogP contribution in [0.1, 0.15) is 26.3 Å². The van der Waals surface area contributed by atoms with Crippen LogP contribution in [-0.2, 0) is 16.0 Å². The van der Waals surface area contributed by atoms with Crippen molar-refractivity contribution in [1.29, 1.82) is 0 Å². The van der Waals surface area contributed by atoms with E-state index in [0.717, 1.165) is 5.56 Å². The van der Waals surface area contributed by atoms with Crippen LogP contribution in [0.3, 0.4) is 0 Å². The number of benzene rings is 1. The van der Waals surface area contributed by atoms with Gasteiger partial charge in [0.2, 0.25) is 0 Å². The molecule has 0 fully saturated rings. The summed E-state index contributed by atoms with van der Waals surface area (Å²) in [4.78, 5) is 13.0. The second-order valence-corrected chi connectivity index (χ2v) is 6.64. The Labute approximate surface area is 137 Å². The maximum absolute atomic E-state index is 11.6. The molecule has 1 aliphatic heterocycles. The van der Waals surface area contributed by atoms with Crippen molar-refractivity contribution < 1.29 is 19.4 Å². The Balaban J connectivity index is 2.10. The number of hydrogen-bond acceptors (Lipinski definition) is 3. The Hall–Kier alpha value is -1.85. The third kappa shape index (κ3) is 5.69. The summed E-state index contributed by atoms with van der Waals surface area (Å²) in [6.07, 6.45) is 2.36. The third-order valence-corrected chi connectivity index (χ3v) is 3.47. The van der Waals surface area contributed by atoms with Gasteiger partial charge in [-0.15, -0.1) is 0 Å². The highest BCUT2D eigenvalue weighted by atomic mass is 16.6. The topological polar surface area (TPSA) is 59.0 Å². The van der Waals surface area contributed by atoms with Gasteiger partial charge < -0.3 is 19.5 Å². The van der Waals surface area contributed by atoms with Gasteiger partial charge in [0, 0.05) is 6.54 Å². The van der Waals surface area contributed by atoms with Gasteiger partial charge >= 0.3 is 6.09 Å². The average Bonchev–Trinajstić information content (AvgIpc) is 2.99. The molecular weight excluding hydrogens is 294 g/mol. The summed E-state index contributed by atoms with van der Waals surface area (Å²) >= 11 is 0. The normalized spacial score (nSPS) is 18.8. The minimum Gasteiger partial charge on any atom is -0.465 e. The van der Waals surface area contributed by atoms with Crippen LogP contribution in [0.2, 0.25) is 0 Å². The molecule has 0 saturated heterocycles. The van der Waals surface area contributed by atoms with Gasteiger partial charge in [0.05, 0.1) is 18.8 Å². The minimum atomic E-state index is -0.960. The molecular formula is C18H25NO4. The Morgan fingerprint density at radius 1 is 1.39 bits per heavy atom. The van der Waals surface area contributed by atoms with E-state index in [1.54, 1.807) is 0 Å². The molecule has 0 saturated carbocycles. The van der Waals surface area contributed by atoms with E-state index in [-0.39, 0.29) is 24.4 Å². The summed E-state index contributed by atoms with van der Waals surface area (Å²) in [5, 5.41) is 9.54. The van der Waals surface area contributed by atoms with Crippen molar-refractivity contribution in [2.75, 3.05) is 13.2 Å². The Morgan fingerprint density at radius 2 is 2.09 bits per heavy atom. The molecule has 1 amide bonds. The SMILES string of the molecule is CC(C)(C)O[C@H](CN(Cc1ccccc1)C(=O)O)[C@@H]1C=CCO1. The zero-order chi connectivity index (χ0) is 16.9. The van der Waals surface area contributed by atoms with Crippen molar-refractivity contribution >= 4 is 6.09 Å². The summed E-state index contributed by atoms with van der Waals surface area (Å²) in [6.45, 7) is 7.01. The number of rotatable bonds is 6. The Kier molecular flexibility index (Phi) is 5.80. The van der Waals surface area contributed by atoms with E-state index < -0.39 is 6.09 Å². The maximum Gasteiger partial charge on any atom is 0.407 e. The smallest absolute Gasteiger partial charge is 0.407 e. The molecule has 0 radical (unpaired) electrons. The summed E-state index contributed by atoms with van der Waals surface area (Å²) in [6, 6.07) is 9.56. The summed E-state index contributed by atoms with van der Waals surface area (Å²) in [7, 11) is 0. The zero-order valence-corrected chi connectivity index (χ0v) is 13.9. The van der Waals surface area contributed by atoms with E-state index >= 15 is 0 Å². The lowest BCUT2D eigenvalue weighted by atomic mass is 10.1. The lowest BCUT2D eigenvalue weighted by Crippen LogP contribution is -2.45. The van der Waals surface area contributed by atoms with Crippen molar-refractivity contribution in [3.8, 4) is 0 Å². The van der Waals surface area contributed by atoms with Crippen LogP contribution < -0.4 is 0 Å². The second-order valence-electron chi connectivity index (χ2n) is 6.64. The summed E-state index contributed by atoms with van der Waals surface area (Å²) in [5.74, 6) is 0. The van der Waals surface area contributed by atoms with Gasteiger partial charge in [0.1, 0.15) is 12.2 Å². The molecule has 126 valence electrons. The van der Waals surface area contributed by atoms with Crippen molar-refractivity contribution in [2.45, 2.75) is 45.1 Å². The van der Waals surface area contributed by atoms with Crippen LogP contribution >= 0.6 is 0 Å². The van der Waals surface area contributed by atoms with E-state index in [1.807, 2.05) is 63.3 Å². The highest BCUT2D eigenvalue weighted by Gasteiger charge is 2.31. The van der Waals surface area contributed by atoms with Crippen molar-refractivity contribution in [1.82, 2.24) is 4.90 Å². The quantitative estimate of drug-likeness (QED) is 0.817. The van der Waals surface area contributed by atoms with Crippen LogP contribution in [0, 0.1) is 0 Å². The third-order valence-electron chi connectivity index (χ3n) is 3.47. The molecule has 2 atom stereocenters. The molecule has 5 nitrogen and oxygen atoms in total. The second kappa shape index (κ2) is 7.62. The fraction of sp³-hybridized carbons (Fsp3) is 0.500. The molecule has 1 N–H and O–H groups in total. The van der Waals surface area contributed by atoms with Gasteiger partial charge in [0.25, 0.3) is 0 Å². The highest BCUT2D eigenvalue weighted by molar-refractivity contribution is 5.65. The van der Waals surface area contributed by atoms with Crippen molar-refractivity contribution in [3.63, 3.8) is 0 Å². The average molecular weight is 319 g/mol. The highest BCUT2D eigenvalue weighted by Crippen LogP contribution is 2.20. The van der Waals surface area contributed by atoms with E-state index in [4.69, 9.17) is 9.47 Å². The number of amides is 1. The number of nitrogens with zero attached hydrogens (tertiary/aromatic N) is 1. The molecule has 0 bridgehead atoms. The van der Waals surface area contributed by atoms with E-state index in [2.05, 4.69) is 0 Å². The molecule has 0 spiro atoms. The van der Waals surface area contributed by atoms with Crippen LogP contribution in [-0.4, -0.2) is 47.1 Å². The van der Waals surface area contributed by atoms with Crippen LogP contribution in [0.5, 0.6) is 0 Å². The minimum absolute atomic E-state index is 0.216. The first-order valence-corrected chi connectivity index (χ1v) is 7.83. The standard InChI is InChI=1S/C18H25NO4/c1-18(2,3)23-16(15-10-7-11-22-15)13-19(17(20)21)12-14-8-5-4-6-9-14/h4-10,15-16H,11-13H2,1-3H3,(H,20,21)/t15-,16+/m0/s1. The first-order valence-electron chi connectivity index (χ1n) is 7.83. The summed E-state index contributed by atoms with van der Waals surface area (Å²) in [5.41, 5.74) is 0.578. The molecule has 0 aliphatic carbocycles. The first-order chi connectivity index (χ1) is 10.8. The van der Waals surface area contributed by atoms with E-state index in [0.29, 0.717) is 13.2 Å². The zero-order valence-electron chi connectivity index (χ0n) is 13.9. The Bertz CT molecular complexity index is 536. The van der Waals surface area contributed by atoms with Crippen LogP contribution in [0.15, 0.2) is 42.5 Å². The lowest BCUT2D eigenvalue weighted by molar-refractivity contribution is -0.115. The van der Waals surface area contributed by atoms with Gasteiger partial charge in [-0.25, -0.2) is 4.79 Å². The number of hydrogen-bond donors (Lipinski definition) is 1. The number of ether oxygens (including phenoxy) is 2. The van der Waals surface area contributed by atoms with Crippen LogP contribution in [0.25, 0.3) is 0 Å². The lowest BCUT2D eigenvalue weighted by Gasteiger charge is -2.33. The van der Waals surface area contributed by atoms with Gasteiger partial charge in [-0.05, 0) is 26.3 Å². The van der Waals surface area contributed by atoms with Gasteiger partial charge in [-0.2, -0.15) is 0 Å². The first kappa shape index (κ1) is 17.5. The number of carboxylic acid groups (broad SMARTS) is 1. The molecule has 0 unspecified atom stereocenters. The predicted molar refractivity (Wildman–Crippen MR) is 88.4 cm³/mol. The summed E-state index contributed by atoms with van der Waals surface area (Å²) < 4.78 is 11.7. The van der Waals surface area contributed by atoms with Gasteiger partial charge in [-0.3, -0.25) is 0 Å². The van der Waals surface area contributed by atoms with Gasteiger partial charge in [-0.1, -0.05) is 42.5 Å². The predicted octanol–water partition coefficient (Wildman–Crippen LogP) is 3.31. The maximum atomic E-state index is 11.6. The Morgan fingerprint density at radius 3 is 2.61 bits per heavy atom. The largest absolute Gasteiger partial charge is 0.465 e. The molecule has 5 heteroatoms. The molecule has 1 aliphatic rings. The van der Waals surface area contributed by atoms with Crippen molar-refractivity contribution in [2.24, 2.45) is 0 Å². The van der Waals surface area contributed by atoms with Crippen LogP contribution in [0.4, 0.5) is 4.79 Å². The van der Waals surface area contributed by atoms with Crippen molar-refractivity contribution in [3.05, 3.63) is 48.0 Å².